The van der Waals surface area contributed by atoms with Crippen molar-refractivity contribution in [2.24, 2.45) is 0 Å². The monoisotopic (exact) mass is 390 g/mol. The summed E-state index contributed by atoms with van der Waals surface area (Å²) >= 11 is 7.06. The van der Waals surface area contributed by atoms with Gasteiger partial charge >= 0.3 is 0 Å². The number of fused-ring (bicyclic) bond motifs is 1. The van der Waals surface area contributed by atoms with Gasteiger partial charge in [0.15, 0.2) is 0 Å². The average Bonchev–Trinajstić information content (AvgIpc) is 2.46. The lowest BCUT2D eigenvalue weighted by molar-refractivity contribution is 1.25. The summed E-state index contributed by atoms with van der Waals surface area (Å²) in [5, 5.41) is 5.75. The number of benzene rings is 2. The van der Waals surface area contributed by atoms with Gasteiger partial charge in [-0.25, -0.2) is 4.98 Å². The number of nitrogens with zero attached hydrogens (tertiary/aromatic N) is 1. The molecule has 1 N–H and O–H groups in total. The fourth-order valence-electron chi connectivity index (χ4n) is 2.12. The van der Waals surface area contributed by atoms with Crippen molar-refractivity contribution >= 4 is 54.1 Å². The molecular weight excluding hydrogens is 380 g/mol. The molecule has 20 heavy (non-hydrogen) atoms. The van der Waals surface area contributed by atoms with Gasteiger partial charge in [0.2, 0.25) is 0 Å². The van der Waals surface area contributed by atoms with Gasteiger partial charge in [0.25, 0.3) is 0 Å². The Kier molecular flexibility index (Phi) is 3.76. The van der Waals surface area contributed by atoms with Crippen LogP contribution in [0.25, 0.3) is 10.8 Å². The molecule has 1 aromatic heterocycles. The van der Waals surface area contributed by atoms with Gasteiger partial charge in [-0.2, -0.15) is 0 Å². The van der Waals surface area contributed by atoms with E-state index in [0.717, 1.165) is 26.0 Å². The Labute approximate surface area is 134 Å². The molecule has 2 nitrogen and oxygen atoms in total. The third kappa shape index (κ3) is 2.58. The summed E-state index contributed by atoms with van der Waals surface area (Å²) in [6, 6.07) is 14.4. The highest BCUT2D eigenvalue weighted by atomic mass is 79.9. The van der Waals surface area contributed by atoms with Crippen molar-refractivity contribution in [2.75, 3.05) is 5.32 Å². The van der Waals surface area contributed by atoms with E-state index in [0.29, 0.717) is 0 Å². The van der Waals surface area contributed by atoms with Crippen LogP contribution in [0.2, 0.25) is 0 Å². The van der Waals surface area contributed by atoms with Crippen LogP contribution >= 0.6 is 31.9 Å². The van der Waals surface area contributed by atoms with Crippen LogP contribution in [-0.2, 0) is 0 Å². The van der Waals surface area contributed by atoms with Crippen LogP contribution in [0.5, 0.6) is 0 Å². The second-order valence-corrected chi connectivity index (χ2v) is 6.29. The second kappa shape index (κ2) is 5.54. The van der Waals surface area contributed by atoms with E-state index < -0.39 is 0 Å². The summed E-state index contributed by atoms with van der Waals surface area (Å²) in [5.41, 5.74) is 2.21. The van der Waals surface area contributed by atoms with Gasteiger partial charge in [-0.15, -0.1) is 0 Å². The molecule has 1 heterocycles. The lowest BCUT2D eigenvalue weighted by Gasteiger charge is -2.11. The molecule has 0 bridgehead atoms. The normalized spacial score (nSPS) is 10.8. The molecule has 0 aliphatic rings. The minimum Gasteiger partial charge on any atom is -0.340 e. The van der Waals surface area contributed by atoms with Crippen LogP contribution in [-0.4, -0.2) is 4.98 Å². The Hall–Kier alpha value is -1.39. The Morgan fingerprint density at radius 3 is 2.45 bits per heavy atom. The number of anilines is 2. The summed E-state index contributed by atoms with van der Waals surface area (Å²) in [4.78, 5) is 4.39. The first-order chi connectivity index (χ1) is 9.65. The Balaban J connectivity index is 2.06. The summed E-state index contributed by atoms with van der Waals surface area (Å²) in [7, 11) is 0. The number of hydrogen-bond donors (Lipinski definition) is 1. The van der Waals surface area contributed by atoms with E-state index in [4.69, 9.17) is 0 Å². The molecule has 4 heteroatoms. The highest BCUT2D eigenvalue weighted by Gasteiger charge is 2.05. The molecule has 3 aromatic rings. The smallest absolute Gasteiger partial charge is 0.130 e. The van der Waals surface area contributed by atoms with Crippen LogP contribution in [0.1, 0.15) is 5.56 Å². The van der Waals surface area contributed by atoms with Crippen molar-refractivity contribution in [3.05, 3.63) is 63.2 Å². The molecule has 0 spiro atoms. The van der Waals surface area contributed by atoms with Crippen molar-refractivity contribution in [3.63, 3.8) is 0 Å². The average molecular weight is 392 g/mol. The minimum atomic E-state index is 0.846. The maximum absolute atomic E-state index is 4.39. The fourth-order valence-corrected chi connectivity index (χ4v) is 2.81. The fraction of sp³-hybridized carbons (Fsp3) is 0.0625. The number of hydrogen-bond acceptors (Lipinski definition) is 2. The summed E-state index contributed by atoms with van der Waals surface area (Å²) in [5.74, 6) is 0.846. The SMILES string of the molecule is Cc1cc(Nc2ccc(Br)c3ccccc23)ncc1Br. The molecule has 100 valence electrons. The highest BCUT2D eigenvalue weighted by Crippen LogP contribution is 2.31. The Morgan fingerprint density at radius 2 is 1.70 bits per heavy atom. The van der Waals surface area contributed by atoms with Gasteiger partial charge in [0.05, 0.1) is 0 Å². The standard InChI is InChI=1S/C16H12Br2N2/c1-10-8-16(19-9-14(10)18)20-15-7-6-13(17)11-4-2-3-5-12(11)15/h2-9H,1H3,(H,19,20). The van der Waals surface area contributed by atoms with E-state index in [2.05, 4.69) is 73.3 Å². The lowest BCUT2D eigenvalue weighted by atomic mass is 10.1. The first-order valence-corrected chi connectivity index (χ1v) is 7.80. The predicted molar refractivity (Wildman–Crippen MR) is 91.6 cm³/mol. The van der Waals surface area contributed by atoms with Crippen molar-refractivity contribution in [1.29, 1.82) is 0 Å². The second-order valence-electron chi connectivity index (χ2n) is 4.58. The van der Waals surface area contributed by atoms with Crippen molar-refractivity contribution in [2.45, 2.75) is 6.92 Å². The number of aryl methyl sites for hydroxylation is 1. The number of pyridine rings is 1. The maximum Gasteiger partial charge on any atom is 0.130 e. The predicted octanol–water partition coefficient (Wildman–Crippen LogP) is 5.81. The zero-order valence-electron chi connectivity index (χ0n) is 10.8. The van der Waals surface area contributed by atoms with Gasteiger partial charge < -0.3 is 5.32 Å². The van der Waals surface area contributed by atoms with Crippen LogP contribution in [0, 0.1) is 6.92 Å². The molecule has 0 unspecified atom stereocenters. The van der Waals surface area contributed by atoms with Gasteiger partial charge in [0, 0.05) is 26.2 Å². The van der Waals surface area contributed by atoms with Crippen molar-refractivity contribution < 1.29 is 0 Å². The molecule has 0 saturated heterocycles. The number of halogens is 2. The van der Waals surface area contributed by atoms with E-state index in [1.165, 1.54) is 10.8 Å². The Bertz CT molecular complexity index is 785. The van der Waals surface area contributed by atoms with Crippen LogP contribution in [0.15, 0.2) is 57.6 Å². The third-order valence-electron chi connectivity index (χ3n) is 3.18. The third-order valence-corrected chi connectivity index (χ3v) is 4.70. The van der Waals surface area contributed by atoms with E-state index in [1.807, 2.05) is 24.4 Å². The van der Waals surface area contributed by atoms with Gasteiger partial charge in [-0.1, -0.05) is 40.2 Å². The van der Waals surface area contributed by atoms with Crippen LogP contribution in [0.3, 0.4) is 0 Å². The van der Waals surface area contributed by atoms with E-state index in [-0.39, 0.29) is 0 Å². The molecule has 0 fully saturated rings. The quantitative estimate of drug-likeness (QED) is 0.595. The maximum atomic E-state index is 4.39. The lowest BCUT2D eigenvalue weighted by Crippen LogP contribution is -1.95. The summed E-state index contributed by atoms with van der Waals surface area (Å²) in [6.07, 6.45) is 1.82. The van der Waals surface area contributed by atoms with Gasteiger partial charge in [0.1, 0.15) is 5.82 Å². The zero-order valence-corrected chi connectivity index (χ0v) is 14.0. The summed E-state index contributed by atoms with van der Waals surface area (Å²) in [6.45, 7) is 2.05. The summed E-state index contributed by atoms with van der Waals surface area (Å²) < 4.78 is 2.11. The molecule has 0 aliphatic heterocycles. The zero-order chi connectivity index (χ0) is 14.1. The highest BCUT2D eigenvalue weighted by molar-refractivity contribution is 9.11. The molecular formula is C16H12Br2N2. The molecule has 2 aromatic carbocycles. The first-order valence-electron chi connectivity index (χ1n) is 6.21. The molecule has 0 radical (unpaired) electrons. The molecule has 0 amide bonds. The Morgan fingerprint density at radius 1 is 0.950 bits per heavy atom. The molecule has 3 rings (SSSR count). The van der Waals surface area contributed by atoms with Crippen molar-refractivity contribution in [3.8, 4) is 0 Å². The van der Waals surface area contributed by atoms with Gasteiger partial charge in [-0.05, 0) is 52.0 Å². The van der Waals surface area contributed by atoms with Crippen LogP contribution in [0.4, 0.5) is 11.5 Å². The van der Waals surface area contributed by atoms with E-state index in [1.54, 1.807) is 0 Å². The largest absolute Gasteiger partial charge is 0.340 e. The van der Waals surface area contributed by atoms with Crippen molar-refractivity contribution in [1.82, 2.24) is 4.98 Å². The number of nitrogens with one attached hydrogen (secondary N) is 1. The molecule has 0 aliphatic carbocycles. The van der Waals surface area contributed by atoms with E-state index in [9.17, 15) is 0 Å². The number of aromatic nitrogens is 1. The first kappa shape index (κ1) is 13.6. The molecule has 0 atom stereocenters. The van der Waals surface area contributed by atoms with E-state index >= 15 is 0 Å². The topological polar surface area (TPSA) is 24.9 Å². The molecule has 0 saturated carbocycles. The minimum absolute atomic E-state index is 0.846. The van der Waals surface area contributed by atoms with Crippen LogP contribution < -0.4 is 5.32 Å². The van der Waals surface area contributed by atoms with Gasteiger partial charge in [-0.3, -0.25) is 0 Å². The number of rotatable bonds is 2.